The summed E-state index contributed by atoms with van der Waals surface area (Å²) in [6.45, 7) is 4.26. The second-order valence-electron chi connectivity index (χ2n) is 12.8. The zero-order valence-corrected chi connectivity index (χ0v) is 30.9. The molecule has 0 aromatic rings. The minimum Gasteiger partial charge on any atom is -0.462 e. The van der Waals surface area contributed by atoms with Crippen LogP contribution in [-0.4, -0.2) is 68.3 Å². The highest BCUT2D eigenvalue weighted by Gasteiger charge is 2.26. The molecule has 46 heavy (non-hydrogen) atoms. The Labute approximate surface area is 282 Å². The standard InChI is InChI=1S/C36H70NO8P/c1-5-7-9-11-13-15-17-19-21-23-25-27-29-36(39)45-34(33-44-46(40,41)43-31-30-37(3)4)32-42-35(38)28-26-24-22-20-18-16-14-12-10-8-6-2/h12,14,34H,5-11,13,15-33H2,1-4H3,(H,40,41)/b14-12-. The number of phosphoric ester groups is 1. The van der Waals surface area contributed by atoms with E-state index in [1.54, 1.807) is 0 Å². The van der Waals surface area contributed by atoms with Crippen LogP contribution in [0, 0.1) is 0 Å². The number of ether oxygens (including phenoxy) is 2. The lowest BCUT2D eigenvalue weighted by Gasteiger charge is -2.20. The lowest BCUT2D eigenvalue weighted by atomic mass is 10.0. The quantitative estimate of drug-likeness (QED) is 0.0308. The summed E-state index contributed by atoms with van der Waals surface area (Å²) in [7, 11) is -0.706. The second kappa shape index (κ2) is 32.3. The molecule has 0 aliphatic rings. The van der Waals surface area contributed by atoms with Gasteiger partial charge in [0.15, 0.2) is 6.10 Å². The monoisotopic (exact) mass is 675 g/mol. The molecular formula is C36H70NO8P. The number of phosphoric acid groups is 1. The van der Waals surface area contributed by atoms with Crippen LogP contribution in [-0.2, 0) is 32.7 Å². The van der Waals surface area contributed by atoms with Crippen LogP contribution in [0.3, 0.4) is 0 Å². The predicted octanol–water partition coefficient (Wildman–Crippen LogP) is 9.70. The van der Waals surface area contributed by atoms with Gasteiger partial charge in [-0.05, 0) is 46.2 Å². The summed E-state index contributed by atoms with van der Waals surface area (Å²) in [6.07, 6.45) is 28.3. The predicted molar refractivity (Wildman–Crippen MR) is 188 cm³/mol. The Balaban J connectivity index is 4.39. The molecule has 0 saturated carbocycles. The highest BCUT2D eigenvalue weighted by atomic mass is 31.2. The van der Waals surface area contributed by atoms with Crippen molar-refractivity contribution >= 4 is 19.8 Å². The fourth-order valence-electron chi connectivity index (χ4n) is 4.90. The molecule has 0 bridgehead atoms. The summed E-state index contributed by atoms with van der Waals surface area (Å²) >= 11 is 0. The summed E-state index contributed by atoms with van der Waals surface area (Å²) < 4.78 is 33.2. The zero-order valence-electron chi connectivity index (χ0n) is 30.0. The Hall–Kier alpha value is -1.25. The third kappa shape index (κ3) is 32.7. The van der Waals surface area contributed by atoms with Crippen LogP contribution in [0.5, 0.6) is 0 Å². The maximum Gasteiger partial charge on any atom is 0.472 e. The molecule has 0 heterocycles. The number of carbonyl (C=O) groups excluding carboxylic acids is 2. The molecule has 2 unspecified atom stereocenters. The van der Waals surface area contributed by atoms with E-state index in [0.29, 0.717) is 13.0 Å². The maximum atomic E-state index is 12.5. The smallest absolute Gasteiger partial charge is 0.462 e. The van der Waals surface area contributed by atoms with E-state index in [1.807, 2.05) is 19.0 Å². The molecule has 9 nitrogen and oxygen atoms in total. The topological polar surface area (TPSA) is 112 Å². The van der Waals surface area contributed by atoms with Gasteiger partial charge in [-0.25, -0.2) is 4.57 Å². The summed E-state index contributed by atoms with van der Waals surface area (Å²) in [5, 5.41) is 0. The number of esters is 2. The Morgan fingerprint density at radius 3 is 1.67 bits per heavy atom. The first-order valence-corrected chi connectivity index (χ1v) is 20.0. The van der Waals surface area contributed by atoms with Gasteiger partial charge in [-0.15, -0.1) is 0 Å². The zero-order chi connectivity index (χ0) is 34.1. The van der Waals surface area contributed by atoms with E-state index in [-0.39, 0.29) is 32.0 Å². The van der Waals surface area contributed by atoms with E-state index in [0.717, 1.165) is 57.8 Å². The van der Waals surface area contributed by atoms with Gasteiger partial charge in [0, 0.05) is 19.4 Å². The van der Waals surface area contributed by atoms with Gasteiger partial charge in [-0.3, -0.25) is 18.6 Å². The Bertz CT molecular complexity index is 792. The number of likely N-dealkylation sites (N-methyl/N-ethyl adjacent to an activating group) is 1. The first-order valence-electron chi connectivity index (χ1n) is 18.5. The van der Waals surface area contributed by atoms with E-state index in [2.05, 4.69) is 26.0 Å². The molecule has 0 radical (unpaired) electrons. The Morgan fingerprint density at radius 1 is 0.652 bits per heavy atom. The van der Waals surface area contributed by atoms with Crippen molar-refractivity contribution in [3.8, 4) is 0 Å². The first kappa shape index (κ1) is 44.8. The van der Waals surface area contributed by atoms with E-state index >= 15 is 0 Å². The van der Waals surface area contributed by atoms with Crippen molar-refractivity contribution in [2.24, 2.45) is 0 Å². The molecule has 0 aliphatic heterocycles. The normalized spacial score (nSPS) is 13.7. The van der Waals surface area contributed by atoms with E-state index < -0.39 is 26.5 Å². The van der Waals surface area contributed by atoms with E-state index in [9.17, 15) is 19.0 Å². The second-order valence-corrected chi connectivity index (χ2v) is 14.2. The van der Waals surface area contributed by atoms with Crippen molar-refractivity contribution in [3.05, 3.63) is 12.2 Å². The minimum absolute atomic E-state index is 0.00877. The van der Waals surface area contributed by atoms with Gasteiger partial charge in [0.05, 0.1) is 13.2 Å². The minimum atomic E-state index is -4.35. The van der Waals surface area contributed by atoms with Crippen LogP contribution < -0.4 is 0 Å². The highest BCUT2D eigenvalue weighted by molar-refractivity contribution is 7.47. The molecule has 0 fully saturated rings. The fraction of sp³-hybridized carbons (Fsp3) is 0.889. The summed E-state index contributed by atoms with van der Waals surface area (Å²) in [6, 6.07) is 0. The van der Waals surface area contributed by atoms with Crippen LogP contribution >= 0.6 is 7.82 Å². The van der Waals surface area contributed by atoms with Crippen LogP contribution in [0.25, 0.3) is 0 Å². The highest BCUT2D eigenvalue weighted by Crippen LogP contribution is 2.43. The largest absolute Gasteiger partial charge is 0.472 e. The Kier molecular flexibility index (Phi) is 31.4. The number of hydrogen-bond acceptors (Lipinski definition) is 8. The van der Waals surface area contributed by atoms with Gasteiger partial charge in [0.2, 0.25) is 0 Å². The molecule has 0 aliphatic carbocycles. The van der Waals surface area contributed by atoms with Crippen molar-refractivity contribution in [2.45, 2.75) is 168 Å². The van der Waals surface area contributed by atoms with Gasteiger partial charge >= 0.3 is 19.8 Å². The molecule has 272 valence electrons. The molecule has 0 rings (SSSR count). The molecular weight excluding hydrogens is 605 g/mol. The SMILES string of the molecule is CCCC/C=C\CCCCCCCC(=O)OCC(COP(=O)(O)OCCN(C)C)OC(=O)CCCCCCCCCCCCCC. The number of nitrogens with zero attached hydrogens (tertiary/aromatic N) is 1. The lowest BCUT2D eigenvalue weighted by Crippen LogP contribution is -2.29. The van der Waals surface area contributed by atoms with Crippen molar-refractivity contribution in [2.75, 3.05) is 40.5 Å². The van der Waals surface area contributed by atoms with Crippen LogP contribution in [0.4, 0.5) is 0 Å². The molecule has 0 amide bonds. The molecule has 0 aromatic heterocycles. The average Bonchev–Trinajstić information content (AvgIpc) is 3.01. The first-order chi connectivity index (χ1) is 22.2. The van der Waals surface area contributed by atoms with Gasteiger partial charge in [0.25, 0.3) is 0 Å². The van der Waals surface area contributed by atoms with Crippen LogP contribution in [0.1, 0.15) is 162 Å². The van der Waals surface area contributed by atoms with E-state index in [4.69, 9.17) is 18.5 Å². The third-order valence-electron chi connectivity index (χ3n) is 7.82. The average molecular weight is 676 g/mol. The van der Waals surface area contributed by atoms with Gasteiger partial charge < -0.3 is 19.3 Å². The van der Waals surface area contributed by atoms with Crippen molar-refractivity contribution in [1.82, 2.24) is 4.90 Å². The number of hydrogen-bond donors (Lipinski definition) is 1. The van der Waals surface area contributed by atoms with Crippen LogP contribution in [0.15, 0.2) is 12.2 Å². The third-order valence-corrected chi connectivity index (χ3v) is 8.81. The number of rotatable bonds is 34. The van der Waals surface area contributed by atoms with Crippen molar-refractivity contribution < 1.29 is 37.6 Å². The molecule has 0 saturated heterocycles. The summed E-state index contributed by atoms with van der Waals surface area (Å²) in [5.74, 6) is -0.812. The lowest BCUT2D eigenvalue weighted by molar-refractivity contribution is -0.161. The van der Waals surface area contributed by atoms with Crippen molar-refractivity contribution in [1.29, 1.82) is 0 Å². The molecule has 0 spiro atoms. The fourth-order valence-corrected chi connectivity index (χ4v) is 5.64. The number of carbonyl (C=O) groups is 2. The molecule has 10 heteroatoms. The van der Waals surface area contributed by atoms with Gasteiger partial charge in [0.1, 0.15) is 6.61 Å². The number of unbranched alkanes of at least 4 members (excludes halogenated alkanes) is 18. The van der Waals surface area contributed by atoms with Crippen molar-refractivity contribution in [3.63, 3.8) is 0 Å². The van der Waals surface area contributed by atoms with Gasteiger partial charge in [-0.1, -0.05) is 129 Å². The molecule has 1 N–H and O–H groups in total. The molecule has 0 aromatic carbocycles. The van der Waals surface area contributed by atoms with Gasteiger partial charge in [-0.2, -0.15) is 0 Å². The molecule has 2 atom stereocenters. The van der Waals surface area contributed by atoms with E-state index in [1.165, 1.54) is 70.6 Å². The summed E-state index contributed by atoms with van der Waals surface area (Å²) in [5.41, 5.74) is 0. The Morgan fingerprint density at radius 2 is 1.13 bits per heavy atom. The summed E-state index contributed by atoms with van der Waals surface area (Å²) in [4.78, 5) is 36.7. The number of allylic oxidation sites excluding steroid dienone is 2. The maximum absolute atomic E-state index is 12.5. The van der Waals surface area contributed by atoms with Crippen LogP contribution in [0.2, 0.25) is 0 Å².